The molecular weight excluding hydrogens is 228 g/mol. The Balaban J connectivity index is 2.37. The molecule has 1 heterocycles. The number of nitrogens with one attached hydrogen (secondary N) is 1. The van der Waals surface area contributed by atoms with Crippen molar-refractivity contribution in [2.24, 2.45) is 5.92 Å². The van der Waals surface area contributed by atoms with Crippen LogP contribution >= 0.6 is 11.8 Å². The standard InChI is InChI=1S/C14H30N2S/c1-5-13-11-16(8-6-7-9-17-4)14(10-15-13)12(2)3/h12-15H,5-11H2,1-4H3. The summed E-state index contributed by atoms with van der Waals surface area (Å²) in [5.41, 5.74) is 0. The maximum absolute atomic E-state index is 3.69. The van der Waals surface area contributed by atoms with Gasteiger partial charge in [0.05, 0.1) is 0 Å². The van der Waals surface area contributed by atoms with Gasteiger partial charge in [0.1, 0.15) is 0 Å². The third-order valence-electron chi connectivity index (χ3n) is 3.85. The molecule has 1 saturated heterocycles. The van der Waals surface area contributed by atoms with Crippen molar-refractivity contribution in [2.45, 2.75) is 52.1 Å². The molecule has 2 unspecified atom stereocenters. The molecule has 0 bridgehead atoms. The van der Waals surface area contributed by atoms with Gasteiger partial charge in [-0.1, -0.05) is 20.8 Å². The molecule has 0 spiro atoms. The first-order valence-corrected chi connectivity index (χ1v) is 8.54. The zero-order valence-electron chi connectivity index (χ0n) is 12.0. The van der Waals surface area contributed by atoms with Crippen molar-refractivity contribution in [3.05, 3.63) is 0 Å². The second-order valence-electron chi connectivity index (χ2n) is 5.52. The van der Waals surface area contributed by atoms with Gasteiger partial charge in [0.2, 0.25) is 0 Å². The molecule has 0 saturated carbocycles. The summed E-state index contributed by atoms with van der Waals surface area (Å²) in [6.45, 7) is 10.7. The minimum Gasteiger partial charge on any atom is -0.311 e. The van der Waals surface area contributed by atoms with Gasteiger partial charge in [0.25, 0.3) is 0 Å². The summed E-state index contributed by atoms with van der Waals surface area (Å²) < 4.78 is 0. The number of hydrogen-bond acceptors (Lipinski definition) is 3. The lowest BCUT2D eigenvalue weighted by molar-refractivity contribution is 0.0959. The fraction of sp³-hybridized carbons (Fsp3) is 1.00. The van der Waals surface area contributed by atoms with Gasteiger partial charge in [0.15, 0.2) is 0 Å². The molecule has 1 N–H and O–H groups in total. The zero-order chi connectivity index (χ0) is 12.7. The summed E-state index contributed by atoms with van der Waals surface area (Å²) in [5, 5.41) is 3.69. The highest BCUT2D eigenvalue weighted by molar-refractivity contribution is 7.98. The predicted octanol–water partition coefficient (Wildman–Crippen LogP) is 2.84. The average molecular weight is 258 g/mol. The van der Waals surface area contributed by atoms with Crippen molar-refractivity contribution in [1.29, 1.82) is 0 Å². The smallest absolute Gasteiger partial charge is 0.0244 e. The van der Waals surface area contributed by atoms with E-state index in [0.29, 0.717) is 6.04 Å². The van der Waals surface area contributed by atoms with E-state index >= 15 is 0 Å². The quantitative estimate of drug-likeness (QED) is 0.707. The van der Waals surface area contributed by atoms with Crippen LogP contribution in [0.3, 0.4) is 0 Å². The van der Waals surface area contributed by atoms with Crippen molar-refractivity contribution in [2.75, 3.05) is 31.6 Å². The van der Waals surface area contributed by atoms with E-state index < -0.39 is 0 Å². The Morgan fingerprint density at radius 3 is 2.71 bits per heavy atom. The lowest BCUT2D eigenvalue weighted by atomic mass is 9.97. The van der Waals surface area contributed by atoms with Crippen molar-refractivity contribution in [3.8, 4) is 0 Å². The van der Waals surface area contributed by atoms with E-state index in [1.165, 1.54) is 44.6 Å². The summed E-state index contributed by atoms with van der Waals surface area (Å²) in [6.07, 6.45) is 6.19. The lowest BCUT2D eigenvalue weighted by Crippen LogP contribution is -2.58. The Bertz CT molecular complexity index is 197. The molecular formula is C14H30N2S. The van der Waals surface area contributed by atoms with E-state index in [1.54, 1.807) is 0 Å². The first-order valence-electron chi connectivity index (χ1n) is 7.15. The Labute approximate surface area is 112 Å². The Morgan fingerprint density at radius 2 is 2.12 bits per heavy atom. The van der Waals surface area contributed by atoms with Gasteiger partial charge in [-0.3, -0.25) is 4.90 Å². The molecule has 1 aliphatic rings. The Kier molecular flexibility index (Phi) is 7.56. The Morgan fingerprint density at radius 1 is 1.35 bits per heavy atom. The third-order valence-corrected chi connectivity index (χ3v) is 4.54. The van der Waals surface area contributed by atoms with E-state index in [9.17, 15) is 0 Å². The maximum atomic E-state index is 3.69. The van der Waals surface area contributed by atoms with Gasteiger partial charge in [-0.2, -0.15) is 11.8 Å². The van der Waals surface area contributed by atoms with E-state index in [2.05, 4.69) is 37.2 Å². The predicted molar refractivity (Wildman–Crippen MR) is 79.9 cm³/mol. The SMILES string of the molecule is CCC1CN(CCCCSC)C(C(C)C)CN1. The van der Waals surface area contributed by atoms with Crippen molar-refractivity contribution in [3.63, 3.8) is 0 Å². The van der Waals surface area contributed by atoms with Crippen molar-refractivity contribution >= 4 is 11.8 Å². The molecule has 0 aromatic heterocycles. The molecule has 1 aliphatic heterocycles. The second kappa shape index (κ2) is 8.39. The number of unbranched alkanes of at least 4 members (excludes halogenated alkanes) is 1. The molecule has 1 fully saturated rings. The van der Waals surface area contributed by atoms with Gasteiger partial charge < -0.3 is 5.32 Å². The molecule has 2 atom stereocenters. The molecule has 2 nitrogen and oxygen atoms in total. The molecule has 1 rings (SSSR count). The summed E-state index contributed by atoms with van der Waals surface area (Å²) >= 11 is 1.97. The van der Waals surface area contributed by atoms with Gasteiger partial charge in [-0.15, -0.1) is 0 Å². The number of piperazine rings is 1. The highest BCUT2D eigenvalue weighted by Crippen LogP contribution is 2.17. The monoisotopic (exact) mass is 258 g/mol. The van der Waals surface area contributed by atoms with Gasteiger partial charge >= 0.3 is 0 Å². The van der Waals surface area contributed by atoms with Crippen molar-refractivity contribution in [1.82, 2.24) is 10.2 Å². The highest BCUT2D eigenvalue weighted by atomic mass is 32.2. The van der Waals surface area contributed by atoms with Crippen LogP contribution in [0.4, 0.5) is 0 Å². The highest BCUT2D eigenvalue weighted by Gasteiger charge is 2.28. The van der Waals surface area contributed by atoms with Crippen LogP contribution < -0.4 is 5.32 Å². The van der Waals surface area contributed by atoms with Crippen LogP contribution in [0.25, 0.3) is 0 Å². The molecule has 0 aromatic rings. The fourth-order valence-corrected chi connectivity index (χ4v) is 3.14. The topological polar surface area (TPSA) is 15.3 Å². The second-order valence-corrected chi connectivity index (χ2v) is 6.51. The maximum Gasteiger partial charge on any atom is 0.0244 e. The average Bonchev–Trinajstić information content (AvgIpc) is 2.34. The first kappa shape index (κ1) is 15.3. The number of hydrogen-bond donors (Lipinski definition) is 1. The van der Waals surface area contributed by atoms with Crippen LogP contribution in [0, 0.1) is 5.92 Å². The molecule has 102 valence electrons. The summed E-state index contributed by atoms with van der Waals surface area (Å²) in [5.74, 6) is 2.08. The summed E-state index contributed by atoms with van der Waals surface area (Å²) in [6, 6.07) is 1.46. The lowest BCUT2D eigenvalue weighted by Gasteiger charge is -2.42. The number of thioether (sulfide) groups is 1. The molecule has 0 amide bonds. The molecule has 3 heteroatoms. The fourth-order valence-electron chi connectivity index (χ4n) is 2.65. The minimum absolute atomic E-state index is 0.713. The van der Waals surface area contributed by atoms with Gasteiger partial charge in [-0.05, 0) is 43.7 Å². The van der Waals surface area contributed by atoms with Crippen molar-refractivity contribution < 1.29 is 0 Å². The van der Waals surface area contributed by atoms with Crippen LogP contribution in [0.2, 0.25) is 0 Å². The zero-order valence-corrected chi connectivity index (χ0v) is 12.9. The summed E-state index contributed by atoms with van der Waals surface area (Å²) in [4.78, 5) is 2.73. The normalized spacial score (nSPS) is 26.6. The number of rotatable bonds is 7. The third kappa shape index (κ3) is 5.19. The largest absolute Gasteiger partial charge is 0.311 e. The van der Waals surface area contributed by atoms with E-state index in [-0.39, 0.29) is 0 Å². The van der Waals surface area contributed by atoms with Crippen LogP contribution in [0.5, 0.6) is 0 Å². The van der Waals surface area contributed by atoms with Crippen LogP contribution in [0.1, 0.15) is 40.0 Å². The molecule has 0 aliphatic carbocycles. The van der Waals surface area contributed by atoms with Crippen LogP contribution in [-0.2, 0) is 0 Å². The van der Waals surface area contributed by atoms with Gasteiger partial charge in [-0.25, -0.2) is 0 Å². The number of nitrogens with zero attached hydrogens (tertiary/aromatic N) is 1. The first-order chi connectivity index (χ1) is 8.19. The molecule has 17 heavy (non-hydrogen) atoms. The minimum atomic E-state index is 0.713. The Hall–Kier alpha value is 0.270. The molecule has 0 radical (unpaired) electrons. The van der Waals surface area contributed by atoms with E-state index in [4.69, 9.17) is 0 Å². The molecule has 0 aromatic carbocycles. The van der Waals surface area contributed by atoms with E-state index in [1.807, 2.05) is 11.8 Å². The summed E-state index contributed by atoms with van der Waals surface area (Å²) in [7, 11) is 0. The van der Waals surface area contributed by atoms with Crippen LogP contribution in [0.15, 0.2) is 0 Å². The van der Waals surface area contributed by atoms with Crippen LogP contribution in [-0.4, -0.2) is 48.6 Å². The van der Waals surface area contributed by atoms with Gasteiger partial charge in [0, 0.05) is 25.2 Å². The van der Waals surface area contributed by atoms with E-state index in [0.717, 1.165) is 12.0 Å².